The van der Waals surface area contributed by atoms with Gasteiger partial charge in [-0.05, 0) is 18.1 Å². The molecule has 1 amide bonds. The van der Waals surface area contributed by atoms with Crippen LogP contribution in [0.15, 0.2) is 24.3 Å². The standard InChI is InChI=1S/C14H20N2O3/c1-18-9-12(7-15)16-14(17)11-6-10-4-2-3-5-13(10)19-8-11/h2-5,11-12H,6-9,15H2,1H3,(H,16,17). The van der Waals surface area contributed by atoms with Crippen LogP contribution in [0.3, 0.4) is 0 Å². The van der Waals surface area contributed by atoms with Crippen LogP contribution >= 0.6 is 0 Å². The number of rotatable bonds is 5. The minimum atomic E-state index is -0.166. The number of carbonyl (C=O) groups excluding carboxylic acids is 1. The van der Waals surface area contributed by atoms with Crippen LogP contribution < -0.4 is 15.8 Å². The number of carbonyl (C=O) groups is 1. The van der Waals surface area contributed by atoms with E-state index in [9.17, 15) is 4.79 Å². The monoisotopic (exact) mass is 264 g/mol. The van der Waals surface area contributed by atoms with E-state index in [0.29, 0.717) is 26.2 Å². The summed E-state index contributed by atoms with van der Waals surface area (Å²) < 4.78 is 10.6. The molecule has 1 aromatic carbocycles. The molecule has 0 spiro atoms. The summed E-state index contributed by atoms with van der Waals surface area (Å²) in [6.45, 7) is 1.20. The largest absolute Gasteiger partial charge is 0.492 e. The van der Waals surface area contributed by atoms with Gasteiger partial charge in [0.15, 0.2) is 0 Å². The highest BCUT2D eigenvalue weighted by atomic mass is 16.5. The van der Waals surface area contributed by atoms with E-state index in [1.165, 1.54) is 0 Å². The van der Waals surface area contributed by atoms with Crippen molar-refractivity contribution in [2.75, 3.05) is 26.9 Å². The van der Waals surface area contributed by atoms with Crippen molar-refractivity contribution in [3.8, 4) is 5.75 Å². The van der Waals surface area contributed by atoms with E-state index < -0.39 is 0 Å². The molecule has 3 N–H and O–H groups in total. The number of ether oxygens (including phenoxy) is 2. The predicted octanol–water partition coefficient (Wildman–Crippen LogP) is 0.328. The van der Waals surface area contributed by atoms with Gasteiger partial charge >= 0.3 is 0 Å². The van der Waals surface area contributed by atoms with Gasteiger partial charge in [-0.1, -0.05) is 18.2 Å². The van der Waals surface area contributed by atoms with Gasteiger partial charge in [-0.15, -0.1) is 0 Å². The molecule has 104 valence electrons. The third-order valence-electron chi connectivity index (χ3n) is 3.25. The van der Waals surface area contributed by atoms with Crippen LogP contribution in [0.2, 0.25) is 0 Å². The number of benzene rings is 1. The number of amides is 1. The van der Waals surface area contributed by atoms with E-state index in [-0.39, 0.29) is 17.9 Å². The van der Waals surface area contributed by atoms with Crippen molar-refractivity contribution in [2.45, 2.75) is 12.5 Å². The molecule has 1 aliphatic heterocycles. The van der Waals surface area contributed by atoms with E-state index in [0.717, 1.165) is 11.3 Å². The molecule has 1 aliphatic rings. The third kappa shape index (κ3) is 3.45. The molecule has 2 rings (SSSR count). The quantitative estimate of drug-likeness (QED) is 0.803. The van der Waals surface area contributed by atoms with Gasteiger partial charge in [0.2, 0.25) is 5.91 Å². The topological polar surface area (TPSA) is 73.6 Å². The summed E-state index contributed by atoms with van der Waals surface area (Å²) in [4.78, 5) is 12.1. The fourth-order valence-corrected chi connectivity index (χ4v) is 2.19. The summed E-state index contributed by atoms with van der Waals surface area (Å²) in [5.41, 5.74) is 6.66. The van der Waals surface area contributed by atoms with Crippen molar-refractivity contribution in [3.63, 3.8) is 0 Å². The van der Waals surface area contributed by atoms with Crippen LogP contribution in [0.25, 0.3) is 0 Å². The lowest BCUT2D eigenvalue weighted by Gasteiger charge is -2.26. The van der Waals surface area contributed by atoms with Crippen molar-refractivity contribution in [1.29, 1.82) is 0 Å². The second-order valence-corrected chi connectivity index (χ2v) is 4.72. The van der Waals surface area contributed by atoms with E-state index in [4.69, 9.17) is 15.2 Å². The zero-order chi connectivity index (χ0) is 13.7. The molecule has 0 aliphatic carbocycles. The maximum atomic E-state index is 12.1. The van der Waals surface area contributed by atoms with Crippen LogP contribution in [-0.2, 0) is 16.0 Å². The Kier molecular flexibility index (Phi) is 4.76. The van der Waals surface area contributed by atoms with E-state index in [1.807, 2.05) is 24.3 Å². The Balaban J connectivity index is 1.95. The molecular weight excluding hydrogens is 244 g/mol. The van der Waals surface area contributed by atoms with Gasteiger partial charge in [0.1, 0.15) is 12.4 Å². The second-order valence-electron chi connectivity index (χ2n) is 4.72. The van der Waals surface area contributed by atoms with E-state index in [2.05, 4.69) is 5.32 Å². The highest BCUT2D eigenvalue weighted by Gasteiger charge is 2.26. The lowest BCUT2D eigenvalue weighted by Crippen LogP contribution is -2.47. The number of hydrogen-bond donors (Lipinski definition) is 2. The molecule has 0 radical (unpaired) electrons. The first-order valence-corrected chi connectivity index (χ1v) is 6.44. The minimum Gasteiger partial charge on any atom is -0.492 e. The zero-order valence-corrected chi connectivity index (χ0v) is 11.1. The van der Waals surface area contributed by atoms with Crippen molar-refractivity contribution in [1.82, 2.24) is 5.32 Å². The van der Waals surface area contributed by atoms with E-state index >= 15 is 0 Å². The molecule has 0 bridgehead atoms. The highest BCUT2D eigenvalue weighted by Crippen LogP contribution is 2.26. The summed E-state index contributed by atoms with van der Waals surface area (Å²) in [6, 6.07) is 7.66. The van der Waals surface area contributed by atoms with Crippen molar-refractivity contribution in [3.05, 3.63) is 29.8 Å². The second kappa shape index (κ2) is 6.54. The van der Waals surface area contributed by atoms with Crippen molar-refractivity contribution >= 4 is 5.91 Å². The fourth-order valence-electron chi connectivity index (χ4n) is 2.19. The average molecular weight is 264 g/mol. The van der Waals surface area contributed by atoms with Crippen LogP contribution in [0.5, 0.6) is 5.75 Å². The Morgan fingerprint density at radius 3 is 3.11 bits per heavy atom. The van der Waals surface area contributed by atoms with Crippen molar-refractivity contribution < 1.29 is 14.3 Å². The molecule has 0 saturated heterocycles. The zero-order valence-electron chi connectivity index (χ0n) is 11.1. The maximum Gasteiger partial charge on any atom is 0.227 e. The number of hydrogen-bond acceptors (Lipinski definition) is 4. The molecule has 19 heavy (non-hydrogen) atoms. The first kappa shape index (κ1) is 13.8. The van der Waals surface area contributed by atoms with Crippen LogP contribution in [0.4, 0.5) is 0 Å². The number of para-hydroxylation sites is 1. The molecule has 0 fully saturated rings. The lowest BCUT2D eigenvalue weighted by molar-refractivity contribution is -0.127. The summed E-state index contributed by atoms with van der Waals surface area (Å²) in [5, 5.41) is 2.90. The Labute approximate surface area is 113 Å². The molecular formula is C14H20N2O3. The van der Waals surface area contributed by atoms with Gasteiger partial charge in [-0.25, -0.2) is 0 Å². The van der Waals surface area contributed by atoms with Crippen LogP contribution in [-0.4, -0.2) is 38.8 Å². The SMILES string of the molecule is COCC(CN)NC(=O)C1COc2ccccc2C1. The molecule has 2 atom stereocenters. The molecule has 1 heterocycles. The Bertz CT molecular complexity index is 436. The number of nitrogens with two attached hydrogens (primary N) is 1. The first-order valence-electron chi connectivity index (χ1n) is 6.44. The fraction of sp³-hybridized carbons (Fsp3) is 0.500. The molecule has 5 nitrogen and oxygen atoms in total. The maximum absolute atomic E-state index is 12.1. The Morgan fingerprint density at radius 1 is 1.58 bits per heavy atom. The number of fused-ring (bicyclic) bond motifs is 1. The van der Waals surface area contributed by atoms with Crippen LogP contribution in [0, 0.1) is 5.92 Å². The predicted molar refractivity (Wildman–Crippen MR) is 72.0 cm³/mol. The number of nitrogens with one attached hydrogen (secondary N) is 1. The van der Waals surface area contributed by atoms with Gasteiger partial charge in [-0.2, -0.15) is 0 Å². The minimum absolute atomic E-state index is 0.0259. The normalized spacial score (nSPS) is 19.2. The summed E-state index contributed by atoms with van der Waals surface area (Å²) in [6.07, 6.45) is 0.701. The summed E-state index contributed by atoms with van der Waals surface area (Å²) in [7, 11) is 1.59. The van der Waals surface area contributed by atoms with Gasteiger partial charge in [0.05, 0.1) is 18.6 Å². The molecule has 2 unspecified atom stereocenters. The van der Waals surface area contributed by atoms with Gasteiger partial charge in [0, 0.05) is 13.7 Å². The van der Waals surface area contributed by atoms with E-state index in [1.54, 1.807) is 7.11 Å². The molecule has 0 aromatic heterocycles. The molecule has 5 heteroatoms. The molecule has 1 aromatic rings. The summed E-state index contributed by atoms with van der Waals surface area (Å²) in [5.74, 6) is 0.682. The third-order valence-corrected chi connectivity index (χ3v) is 3.25. The Hall–Kier alpha value is -1.59. The van der Waals surface area contributed by atoms with Gasteiger partial charge < -0.3 is 20.5 Å². The Morgan fingerprint density at radius 2 is 2.37 bits per heavy atom. The first-order chi connectivity index (χ1) is 9.24. The highest BCUT2D eigenvalue weighted by molar-refractivity contribution is 5.80. The molecule has 0 saturated carbocycles. The lowest BCUT2D eigenvalue weighted by atomic mass is 9.96. The van der Waals surface area contributed by atoms with Gasteiger partial charge in [0.25, 0.3) is 0 Å². The van der Waals surface area contributed by atoms with Crippen molar-refractivity contribution in [2.24, 2.45) is 11.7 Å². The number of methoxy groups -OCH3 is 1. The summed E-state index contributed by atoms with van der Waals surface area (Å²) >= 11 is 0. The average Bonchev–Trinajstić information content (AvgIpc) is 2.46. The van der Waals surface area contributed by atoms with Gasteiger partial charge in [-0.3, -0.25) is 4.79 Å². The van der Waals surface area contributed by atoms with Crippen LogP contribution in [0.1, 0.15) is 5.56 Å². The smallest absolute Gasteiger partial charge is 0.227 e.